The van der Waals surface area contributed by atoms with Gasteiger partial charge in [0.1, 0.15) is 23.5 Å². The maximum Gasteiger partial charge on any atom is 0.341 e. The Morgan fingerprint density at radius 2 is 2.06 bits per heavy atom. The van der Waals surface area contributed by atoms with Crippen molar-refractivity contribution >= 4 is 34.2 Å². The average Bonchev–Trinajstić information content (AvgIpc) is 3.27. The molecule has 194 valence electrons. The predicted octanol–water partition coefficient (Wildman–Crippen LogP) is 1.96. The number of likely N-dealkylation sites (N-methyl/N-ethyl adjacent to an activating group) is 1. The van der Waals surface area contributed by atoms with Gasteiger partial charge in [0.05, 0.1) is 11.1 Å². The van der Waals surface area contributed by atoms with Crippen LogP contribution in [0.1, 0.15) is 12.0 Å². The van der Waals surface area contributed by atoms with Crippen LogP contribution in [-0.2, 0) is 11.3 Å². The van der Waals surface area contributed by atoms with E-state index >= 15 is 0 Å². The molecule has 1 aliphatic rings. The maximum atomic E-state index is 11.2. The molecule has 0 atom stereocenters. The molecule has 36 heavy (non-hydrogen) atoms. The van der Waals surface area contributed by atoms with Crippen molar-refractivity contribution in [2.75, 3.05) is 77.2 Å². The summed E-state index contributed by atoms with van der Waals surface area (Å²) in [5, 5.41) is 16.7. The topological polar surface area (TPSA) is 122 Å². The summed E-state index contributed by atoms with van der Waals surface area (Å²) in [6.45, 7) is 5.91. The fraction of sp³-hybridized carbons (Fsp3) is 0.480. The first kappa shape index (κ1) is 25.7. The first-order valence-electron chi connectivity index (χ1n) is 12.3. The number of hydrogen-bond acceptors (Lipinski definition) is 9. The fourth-order valence-electron chi connectivity index (χ4n) is 4.43. The van der Waals surface area contributed by atoms with Gasteiger partial charge in [0.25, 0.3) is 0 Å². The number of piperazine rings is 1. The number of fused-ring (bicyclic) bond motifs is 1. The summed E-state index contributed by atoms with van der Waals surface area (Å²) >= 11 is 0. The van der Waals surface area contributed by atoms with Gasteiger partial charge in [-0.15, -0.1) is 0 Å². The molecule has 1 fully saturated rings. The van der Waals surface area contributed by atoms with Gasteiger partial charge in [-0.05, 0) is 58.3 Å². The van der Waals surface area contributed by atoms with Gasteiger partial charge in [0, 0.05) is 50.7 Å². The lowest BCUT2D eigenvalue weighted by molar-refractivity contribution is -0.139. The molecular weight excluding hydrogens is 460 g/mol. The Morgan fingerprint density at radius 3 is 2.81 bits per heavy atom. The number of carboxylic acids is 1. The molecule has 11 nitrogen and oxygen atoms in total. The minimum absolute atomic E-state index is 0.399. The summed E-state index contributed by atoms with van der Waals surface area (Å²) in [6.07, 6.45) is 4.58. The third-order valence-electron chi connectivity index (χ3n) is 6.38. The van der Waals surface area contributed by atoms with E-state index in [1.54, 1.807) is 0 Å². The van der Waals surface area contributed by atoms with E-state index in [0.29, 0.717) is 11.6 Å². The zero-order valence-corrected chi connectivity index (χ0v) is 21.3. The average molecular weight is 497 g/mol. The van der Waals surface area contributed by atoms with Gasteiger partial charge in [-0.25, -0.2) is 14.8 Å². The number of carboxylic acid groups (broad SMARTS) is 1. The van der Waals surface area contributed by atoms with Crippen LogP contribution in [0.3, 0.4) is 0 Å². The van der Waals surface area contributed by atoms with Crippen LogP contribution in [0.2, 0.25) is 0 Å². The van der Waals surface area contributed by atoms with Gasteiger partial charge >= 0.3 is 5.97 Å². The summed E-state index contributed by atoms with van der Waals surface area (Å²) in [4.78, 5) is 30.2. The third kappa shape index (κ3) is 6.42. The minimum atomic E-state index is -1.01. The number of carbonyl (C=O) groups is 1. The van der Waals surface area contributed by atoms with Gasteiger partial charge < -0.3 is 40.2 Å². The van der Waals surface area contributed by atoms with E-state index in [1.807, 2.05) is 31.4 Å². The lowest BCUT2D eigenvalue weighted by Gasteiger charge is -2.35. The predicted molar refractivity (Wildman–Crippen MR) is 141 cm³/mol. The van der Waals surface area contributed by atoms with E-state index in [-0.39, 0.29) is 0 Å². The molecular formula is C25H36N8O3. The molecule has 0 aliphatic carbocycles. The minimum Gasteiger partial charge on any atom is -0.480 e. The SMILES string of the molecule is CNCCCN(C)Cc1c[nH]c2ncnc(Nc3ccc(N4CCN(C)CC4)c(OCC(=O)O)c3)c12. The Balaban J connectivity index is 1.58. The lowest BCUT2D eigenvalue weighted by Crippen LogP contribution is -2.44. The number of nitrogens with one attached hydrogen (secondary N) is 3. The molecule has 1 aliphatic heterocycles. The summed E-state index contributed by atoms with van der Waals surface area (Å²) in [6, 6.07) is 5.81. The summed E-state index contributed by atoms with van der Waals surface area (Å²) in [5.41, 5.74) is 3.54. The van der Waals surface area contributed by atoms with E-state index in [9.17, 15) is 9.90 Å². The van der Waals surface area contributed by atoms with Crippen molar-refractivity contribution in [2.45, 2.75) is 13.0 Å². The molecule has 1 aromatic carbocycles. The molecule has 0 saturated carbocycles. The van der Waals surface area contributed by atoms with Crippen LogP contribution in [0, 0.1) is 0 Å². The van der Waals surface area contributed by atoms with Crippen molar-refractivity contribution in [3.63, 3.8) is 0 Å². The van der Waals surface area contributed by atoms with Crippen molar-refractivity contribution in [3.8, 4) is 5.75 Å². The third-order valence-corrected chi connectivity index (χ3v) is 6.38. The highest BCUT2D eigenvalue weighted by atomic mass is 16.5. The standard InChI is InChI=1S/C25H36N8O3/c1-26-7-4-8-32(3)15-18-14-27-24-23(18)25(29-17-28-24)30-19-5-6-20(21(13-19)36-16-22(34)35)33-11-9-31(2)10-12-33/h5-6,13-14,17,26H,4,7-12,15-16H2,1-3H3,(H,34,35)(H2,27,28,29,30). The van der Waals surface area contributed by atoms with Gasteiger partial charge in [-0.3, -0.25) is 0 Å². The number of nitrogens with zero attached hydrogens (tertiary/aromatic N) is 5. The van der Waals surface area contributed by atoms with Crippen LogP contribution in [0.5, 0.6) is 5.75 Å². The van der Waals surface area contributed by atoms with Gasteiger partial charge in [-0.2, -0.15) is 0 Å². The van der Waals surface area contributed by atoms with Crippen molar-refractivity contribution < 1.29 is 14.6 Å². The van der Waals surface area contributed by atoms with Crippen molar-refractivity contribution in [2.24, 2.45) is 0 Å². The first-order valence-corrected chi connectivity index (χ1v) is 12.3. The number of aliphatic carboxylic acids is 1. The van der Waals surface area contributed by atoms with Crippen molar-refractivity contribution in [1.29, 1.82) is 0 Å². The van der Waals surface area contributed by atoms with E-state index in [4.69, 9.17) is 4.74 Å². The number of aromatic nitrogens is 3. The summed E-state index contributed by atoms with van der Waals surface area (Å²) in [7, 11) is 6.17. The molecule has 1 saturated heterocycles. The largest absolute Gasteiger partial charge is 0.480 e. The van der Waals surface area contributed by atoms with Gasteiger partial charge in [-0.1, -0.05) is 0 Å². The smallest absolute Gasteiger partial charge is 0.341 e. The number of hydrogen-bond donors (Lipinski definition) is 4. The molecule has 2 aromatic heterocycles. The van der Waals surface area contributed by atoms with Crippen LogP contribution in [0.25, 0.3) is 11.0 Å². The Hall–Kier alpha value is -3.41. The second kappa shape index (κ2) is 12.0. The first-order chi connectivity index (χ1) is 17.4. The Bertz CT molecular complexity index is 1160. The summed E-state index contributed by atoms with van der Waals surface area (Å²) < 4.78 is 5.71. The second-order valence-electron chi connectivity index (χ2n) is 9.23. The number of ether oxygens (including phenoxy) is 1. The lowest BCUT2D eigenvalue weighted by atomic mass is 10.2. The van der Waals surface area contributed by atoms with Crippen LogP contribution in [0.4, 0.5) is 17.2 Å². The fourth-order valence-corrected chi connectivity index (χ4v) is 4.43. The Kier molecular flexibility index (Phi) is 8.57. The molecule has 4 rings (SSSR count). The van der Waals surface area contributed by atoms with Crippen LogP contribution in [-0.4, -0.2) is 103 Å². The van der Waals surface area contributed by atoms with Crippen LogP contribution >= 0.6 is 0 Å². The highest BCUT2D eigenvalue weighted by molar-refractivity contribution is 5.92. The number of anilines is 3. The van der Waals surface area contributed by atoms with Gasteiger partial charge in [0.15, 0.2) is 6.61 Å². The molecule has 3 aromatic rings. The van der Waals surface area contributed by atoms with Crippen molar-refractivity contribution in [3.05, 3.63) is 36.3 Å². The summed E-state index contributed by atoms with van der Waals surface area (Å²) in [5.74, 6) is 0.221. The molecule has 0 amide bonds. The highest BCUT2D eigenvalue weighted by Gasteiger charge is 2.20. The number of H-pyrrole nitrogens is 1. The van der Waals surface area contributed by atoms with E-state index < -0.39 is 12.6 Å². The number of benzene rings is 1. The zero-order chi connectivity index (χ0) is 25.5. The molecule has 11 heteroatoms. The molecule has 4 N–H and O–H groups in total. The van der Waals surface area contributed by atoms with Crippen LogP contribution in [0.15, 0.2) is 30.7 Å². The monoisotopic (exact) mass is 496 g/mol. The van der Waals surface area contributed by atoms with Crippen molar-refractivity contribution in [1.82, 2.24) is 30.1 Å². The molecule has 0 bridgehead atoms. The Labute approximate surface area is 211 Å². The second-order valence-corrected chi connectivity index (χ2v) is 9.23. The van der Waals surface area contributed by atoms with E-state index in [1.165, 1.54) is 6.33 Å². The highest BCUT2D eigenvalue weighted by Crippen LogP contribution is 2.34. The normalized spacial score (nSPS) is 14.5. The number of rotatable bonds is 12. The zero-order valence-electron chi connectivity index (χ0n) is 21.3. The quantitative estimate of drug-likeness (QED) is 0.277. The number of aromatic amines is 1. The van der Waals surface area contributed by atoms with Crippen LogP contribution < -0.4 is 20.3 Å². The maximum absolute atomic E-state index is 11.2. The molecule has 0 radical (unpaired) electrons. The van der Waals surface area contributed by atoms with E-state index in [2.05, 4.69) is 54.4 Å². The Morgan fingerprint density at radius 1 is 1.25 bits per heavy atom. The van der Waals surface area contributed by atoms with Gasteiger partial charge in [0.2, 0.25) is 0 Å². The van der Waals surface area contributed by atoms with E-state index in [0.717, 1.165) is 80.2 Å². The molecule has 3 heterocycles. The molecule has 0 spiro atoms. The molecule has 0 unspecified atom stereocenters.